The molecule has 0 fully saturated rings. The predicted octanol–water partition coefficient (Wildman–Crippen LogP) is 4.06. The van der Waals surface area contributed by atoms with E-state index in [0.717, 1.165) is 35.5 Å². The number of halogens is 1. The molecule has 19 heavy (non-hydrogen) atoms. The molecule has 0 amide bonds. The van der Waals surface area contributed by atoms with Crippen molar-refractivity contribution < 1.29 is 0 Å². The topological polar surface area (TPSA) is 30.7 Å². The Morgan fingerprint density at radius 3 is 2.37 bits per heavy atom. The van der Waals surface area contributed by atoms with Crippen molar-refractivity contribution in [1.82, 2.24) is 14.8 Å². The van der Waals surface area contributed by atoms with Crippen molar-refractivity contribution in [2.24, 2.45) is 5.92 Å². The van der Waals surface area contributed by atoms with Gasteiger partial charge in [0.2, 0.25) is 0 Å². The first-order valence-corrected chi connectivity index (χ1v) is 7.85. The van der Waals surface area contributed by atoms with E-state index >= 15 is 0 Å². The highest BCUT2D eigenvalue weighted by atomic mass is 79.9. The van der Waals surface area contributed by atoms with E-state index in [9.17, 15) is 0 Å². The number of aromatic nitrogens is 3. The van der Waals surface area contributed by atoms with E-state index in [2.05, 4.69) is 75.7 Å². The van der Waals surface area contributed by atoms with Gasteiger partial charge in [-0.1, -0.05) is 61.0 Å². The van der Waals surface area contributed by atoms with E-state index in [-0.39, 0.29) is 0 Å². The van der Waals surface area contributed by atoms with Crippen LogP contribution >= 0.6 is 15.9 Å². The van der Waals surface area contributed by atoms with Crippen molar-refractivity contribution in [2.45, 2.75) is 39.1 Å². The first-order valence-electron chi connectivity index (χ1n) is 6.73. The summed E-state index contributed by atoms with van der Waals surface area (Å²) in [6.45, 7) is 7.53. The van der Waals surface area contributed by atoms with Gasteiger partial charge in [0.25, 0.3) is 0 Å². The minimum Gasteiger partial charge on any atom is -0.310 e. The van der Waals surface area contributed by atoms with Gasteiger partial charge in [0.1, 0.15) is 5.82 Å². The number of benzene rings is 1. The maximum Gasteiger partial charge on any atom is 0.163 e. The summed E-state index contributed by atoms with van der Waals surface area (Å²) < 4.78 is 2.21. The van der Waals surface area contributed by atoms with Crippen molar-refractivity contribution in [3.05, 3.63) is 35.7 Å². The van der Waals surface area contributed by atoms with Crippen molar-refractivity contribution in [1.29, 1.82) is 0 Å². The fourth-order valence-electron chi connectivity index (χ4n) is 2.09. The molecule has 0 aliphatic carbocycles. The first kappa shape index (κ1) is 14.3. The van der Waals surface area contributed by atoms with Gasteiger partial charge < -0.3 is 4.57 Å². The standard InChI is InChI=1S/C15H20BrN3/c1-4-12-5-7-13(8-6-12)15-18-17-14(9-16)19(15)10-11(2)3/h5-8,11H,4,9-10H2,1-3H3. The lowest BCUT2D eigenvalue weighted by Gasteiger charge is -2.12. The first-order chi connectivity index (χ1) is 9.15. The van der Waals surface area contributed by atoms with Gasteiger partial charge in [0, 0.05) is 12.1 Å². The summed E-state index contributed by atoms with van der Waals surface area (Å²) >= 11 is 3.48. The van der Waals surface area contributed by atoms with Crippen LogP contribution in [-0.2, 0) is 18.3 Å². The van der Waals surface area contributed by atoms with Crippen LogP contribution in [0.25, 0.3) is 11.4 Å². The molecule has 0 unspecified atom stereocenters. The van der Waals surface area contributed by atoms with Crippen molar-refractivity contribution in [2.75, 3.05) is 0 Å². The second-order valence-corrected chi connectivity index (χ2v) is 5.69. The average Bonchev–Trinajstić information content (AvgIpc) is 2.81. The molecular formula is C15H20BrN3. The van der Waals surface area contributed by atoms with Gasteiger partial charge in [-0.25, -0.2) is 0 Å². The molecule has 2 aromatic rings. The van der Waals surface area contributed by atoms with E-state index < -0.39 is 0 Å². The van der Waals surface area contributed by atoms with Crippen LogP contribution in [0.2, 0.25) is 0 Å². The Morgan fingerprint density at radius 2 is 1.84 bits per heavy atom. The van der Waals surface area contributed by atoms with Crippen molar-refractivity contribution in [3.63, 3.8) is 0 Å². The molecule has 3 nitrogen and oxygen atoms in total. The molecule has 0 saturated heterocycles. The van der Waals surface area contributed by atoms with Crippen LogP contribution in [0.15, 0.2) is 24.3 Å². The number of rotatable bonds is 5. The van der Waals surface area contributed by atoms with E-state index in [1.165, 1.54) is 5.56 Å². The minimum atomic E-state index is 0.572. The molecule has 0 N–H and O–H groups in total. The third kappa shape index (κ3) is 3.24. The summed E-state index contributed by atoms with van der Waals surface area (Å²) in [7, 11) is 0. The Bertz CT molecular complexity index is 529. The Hall–Kier alpha value is -1.16. The van der Waals surface area contributed by atoms with E-state index in [4.69, 9.17) is 0 Å². The van der Waals surface area contributed by atoms with Gasteiger partial charge in [0.05, 0.1) is 5.33 Å². The monoisotopic (exact) mass is 321 g/mol. The zero-order valence-electron chi connectivity index (χ0n) is 11.7. The maximum absolute atomic E-state index is 4.35. The molecule has 0 atom stereocenters. The molecule has 102 valence electrons. The summed E-state index contributed by atoms with van der Waals surface area (Å²) in [5.41, 5.74) is 2.48. The van der Waals surface area contributed by atoms with E-state index in [1.807, 2.05) is 0 Å². The summed E-state index contributed by atoms with van der Waals surface area (Å²) in [5, 5.41) is 9.36. The van der Waals surface area contributed by atoms with Crippen molar-refractivity contribution in [3.8, 4) is 11.4 Å². The summed E-state index contributed by atoms with van der Waals surface area (Å²) in [4.78, 5) is 0. The van der Waals surface area contributed by atoms with Crippen LogP contribution in [0.3, 0.4) is 0 Å². The molecule has 1 aromatic carbocycles. The van der Waals surface area contributed by atoms with Gasteiger partial charge >= 0.3 is 0 Å². The second-order valence-electron chi connectivity index (χ2n) is 5.13. The van der Waals surface area contributed by atoms with Crippen LogP contribution in [-0.4, -0.2) is 14.8 Å². The minimum absolute atomic E-state index is 0.572. The predicted molar refractivity (Wildman–Crippen MR) is 82.3 cm³/mol. The van der Waals surface area contributed by atoms with E-state index in [1.54, 1.807) is 0 Å². The molecule has 0 bridgehead atoms. The van der Waals surface area contributed by atoms with Crippen LogP contribution in [0.5, 0.6) is 0 Å². The number of nitrogens with zero attached hydrogens (tertiary/aromatic N) is 3. The molecule has 0 radical (unpaired) electrons. The van der Waals surface area contributed by atoms with Gasteiger partial charge in [0.15, 0.2) is 5.82 Å². The smallest absolute Gasteiger partial charge is 0.163 e. The molecule has 0 aliphatic heterocycles. The molecule has 0 spiro atoms. The average molecular weight is 322 g/mol. The molecule has 0 aliphatic rings. The highest BCUT2D eigenvalue weighted by Crippen LogP contribution is 2.21. The van der Waals surface area contributed by atoms with Gasteiger partial charge in [-0.05, 0) is 17.9 Å². The zero-order chi connectivity index (χ0) is 13.8. The van der Waals surface area contributed by atoms with Crippen LogP contribution in [0.4, 0.5) is 0 Å². The molecule has 0 saturated carbocycles. The maximum atomic E-state index is 4.35. The SMILES string of the molecule is CCc1ccc(-c2nnc(CBr)n2CC(C)C)cc1. The molecular weight excluding hydrogens is 302 g/mol. The Morgan fingerprint density at radius 1 is 1.16 bits per heavy atom. The Balaban J connectivity index is 2.39. The lowest BCUT2D eigenvalue weighted by atomic mass is 10.1. The molecule has 2 rings (SSSR count). The lowest BCUT2D eigenvalue weighted by Crippen LogP contribution is -2.09. The van der Waals surface area contributed by atoms with Crippen LogP contribution in [0.1, 0.15) is 32.2 Å². The summed E-state index contributed by atoms with van der Waals surface area (Å²) in [6.07, 6.45) is 1.06. The second kappa shape index (κ2) is 6.33. The van der Waals surface area contributed by atoms with Gasteiger partial charge in [-0.3, -0.25) is 0 Å². The lowest BCUT2D eigenvalue weighted by molar-refractivity contribution is 0.516. The van der Waals surface area contributed by atoms with E-state index in [0.29, 0.717) is 5.92 Å². The molecule has 1 aromatic heterocycles. The number of aryl methyl sites for hydroxylation is 1. The third-order valence-corrected chi connectivity index (χ3v) is 3.62. The Kier molecular flexibility index (Phi) is 4.75. The normalized spacial score (nSPS) is 11.2. The number of hydrogen-bond donors (Lipinski definition) is 0. The number of alkyl halides is 1. The summed E-state index contributed by atoms with van der Waals surface area (Å²) in [6, 6.07) is 8.60. The van der Waals surface area contributed by atoms with Crippen LogP contribution < -0.4 is 0 Å². The van der Waals surface area contributed by atoms with Gasteiger partial charge in [-0.2, -0.15) is 0 Å². The van der Waals surface area contributed by atoms with Crippen molar-refractivity contribution >= 4 is 15.9 Å². The quantitative estimate of drug-likeness (QED) is 0.777. The fourth-order valence-corrected chi connectivity index (χ4v) is 2.51. The van der Waals surface area contributed by atoms with Crippen LogP contribution in [0, 0.1) is 5.92 Å². The third-order valence-electron chi connectivity index (χ3n) is 3.12. The highest BCUT2D eigenvalue weighted by molar-refractivity contribution is 9.08. The Labute approximate surface area is 123 Å². The molecule has 1 heterocycles. The molecule has 4 heteroatoms. The zero-order valence-corrected chi connectivity index (χ0v) is 13.3. The van der Waals surface area contributed by atoms with Gasteiger partial charge in [-0.15, -0.1) is 10.2 Å². The largest absolute Gasteiger partial charge is 0.310 e. The number of hydrogen-bond acceptors (Lipinski definition) is 2. The highest BCUT2D eigenvalue weighted by Gasteiger charge is 2.13. The summed E-state index contributed by atoms with van der Waals surface area (Å²) in [5.74, 6) is 2.52. The fraction of sp³-hybridized carbons (Fsp3) is 0.467.